The highest BCUT2D eigenvalue weighted by atomic mass is 16.5. The fourth-order valence-corrected chi connectivity index (χ4v) is 2.78. The summed E-state index contributed by atoms with van der Waals surface area (Å²) < 4.78 is 10.2. The summed E-state index contributed by atoms with van der Waals surface area (Å²) in [5.41, 5.74) is 1.05. The SMILES string of the molecule is COc1ccc(C(=O)N[C@H](C(=O)OCC(=O)Nc2ccccc2C(C)=O)C(C)C)cc1. The van der Waals surface area contributed by atoms with Crippen LogP contribution in [0.5, 0.6) is 5.75 Å². The van der Waals surface area contributed by atoms with Gasteiger partial charge >= 0.3 is 5.97 Å². The quantitative estimate of drug-likeness (QED) is 0.471. The van der Waals surface area contributed by atoms with Crippen molar-refractivity contribution in [2.45, 2.75) is 26.8 Å². The van der Waals surface area contributed by atoms with Crippen molar-refractivity contribution in [1.82, 2.24) is 5.32 Å². The Hall–Kier alpha value is -3.68. The first-order valence-electron chi connectivity index (χ1n) is 9.74. The van der Waals surface area contributed by atoms with Crippen LogP contribution < -0.4 is 15.4 Å². The van der Waals surface area contributed by atoms with E-state index in [1.807, 2.05) is 0 Å². The first kappa shape index (κ1) is 23.6. The Morgan fingerprint density at radius 1 is 0.968 bits per heavy atom. The third-order valence-corrected chi connectivity index (χ3v) is 4.49. The molecule has 0 saturated carbocycles. The topological polar surface area (TPSA) is 111 Å². The van der Waals surface area contributed by atoms with Crippen molar-refractivity contribution in [3.63, 3.8) is 0 Å². The van der Waals surface area contributed by atoms with Gasteiger partial charge in [-0.3, -0.25) is 14.4 Å². The Morgan fingerprint density at radius 3 is 2.19 bits per heavy atom. The lowest BCUT2D eigenvalue weighted by molar-refractivity contribution is -0.150. The first-order chi connectivity index (χ1) is 14.7. The van der Waals surface area contributed by atoms with Crippen molar-refractivity contribution >= 4 is 29.3 Å². The van der Waals surface area contributed by atoms with Crippen LogP contribution in [0.2, 0.25) is 0 Å². The number of ether oxygens (including phenoxy) is 2. The molecule has 0 bridgehead atoms. The zero-order valence-electron chi connectivity index (χ0n) is 17.9. The van der Waals surface area contributed by atoms with Gasteiger partial charge in [-0.1, -0.05) is 26.0 Å². The van der Waals surface area contributed by atoms with E-state index in [4.69, 9.17) is 9.47 Å². The standard InChI is InChI=1S/C23H26N2O6/c1-14(2)21(25-22(28)16-9-11-17(30-4)12-10-16)23(29)31-13-20(27)24-19-8-6-5-7-18(19)15(3)26/h5-12,14,21H,13H2,1-4H3,(H,24,27)(H,25,28)/t21-/m0/s1. The third-order valence-electron chi connectivity index (χ3n) is 4.49. The van der Waals surface area contributed by atoms with Crippen LogP contribution in [-0.2, 0) is 14.3 Å². The van der Waals surface area contributed by atoms with E-state index in [1.54, 1.807) is 62.4 Å². The van der Waals surface area contributed by atoms with Crippen molar-refractivity contribution in [3.8, 4) is 5.75 Å². The van der Waals surface area contributed by atoms with Crippen LogP contribution in [0.4, 0.5) is 5.69 Å². The molecule has 0 unspecified atom stereocenters. The maximum absolute atomic E-state index is 12.5. The van der Waals surface area contributed by atoms with Crippen molar-refractivity contribution in [2.75, 3.05) is 19.0 Å². The highest BCUT2D eigenvalue weighted by Crippen LogP contribution is 2.16. The van der Waals surface area contributed by atoms with Gasteiger partial charge in [0.2, 0.25) is 0 Å². The smallest absolute Gasteiger partial charge is 0.329 e. The van der Waals surface area contributed by atoms with Gasteiger partial charge in [-0.25, -0.2) is 4.79 Å². The second-order valence-corrected chi connectivity index (χ2v) is 7.18. The summed E-state index contributed by atoms with van der Waals surface area (Å²) in [6.45, 7) is 4.35. The second-order valence-electron chi connectivity index (χ2n) is 7.18. The van der Waals surface area contributed by atoms with E-state index in [1.165, 1.54) is 14.0 Å². The largest absolute Gasteiger partial charge is 0.497 e. The predicted molar refractivity (Wildman–Crippen MR) is 115 cm³/mol. The third kappa shape index (κ3) is 6.67. The van der Waals surface area contributed by atoms with E-state index >= 15 is 0 Å². The molecule has 2 rings (SSSR count). The highest BCUT2D eigenvalue weighted by Gasteiger charge is 2.27. The van der Waals surface area contributed by atoms with Crippen molar-refractivity contribution < 1.29 is 28.7 Å². The maximum atomic E-state index is 12.5. The lowest BCUT2D eigenvalue weighted by Gasteiger charge is -2.21. The number of esters is 1. The molecule has 164 valence electrons. The minimum absolute atomic E-state index is 0.200. The number of hydrogen-bond donors (Lipinski definition) is 2. The van der Waals surface area contributed by atoms with Crippen molar-refractivity contribution in [2.24, 2.45) is 5.92 Å². The predicted octanol–water partition coefficient (Wildman–Crippen LogP) is 2.83. The summed E-state index contributed by atoms with van der Waals surface area (Å²) in [4.78, 5) is 48.8. The number of hydrogen-bond acceptors (Lipinski definition) is 6. The summed E-state index contributed by atoms with van der Waals surface area (Å²) >= 11 is 0. The fraction of sp³-hybridized carbons (Fsp3) is 0.304. The van der Waals surface area contributed by atoms with Crippen LogP contribution in [0.1, 0.15) is 41.5 Å². The number of ketones is 1. The molecule has 0 fully saturated rings. The van der Waals surface area contributed by atoms with E-state index in [2.05, 4.69) is 10.6 Å². The number of methoxy groups -OCH3 is 1. The molecule has 0 aliphatic rings. The van der Waals surface area contributed by atoms with Gasteiger partial charge in [0, 0.05) is 11.1 Å². The normalized spacial score (nSPS) is 11.4. The molecule has 8 nitrogen and oxygen atoms in total. The Bertz CT molecular complexity index is 953. The van der Waals surface area contributed by atoms with Crippen LogP contribution in [0.3, 0.4) is 0 Å². The second kappa shape index (κ2) is 10.9. The number of nitrogens with one attached hydrogen (secondary N) is 2. The highest BCUT2D eigenvalue weighted by molar-refractivity contribution is 6.04. The van der Waals surface area contributed by atoms with Crippen LogP contribution in [0, 0.1) is 5.92 Å². The Balaban J connectivity index is 1.96. The monoisotopic (exact) mass is 426 g/mol. The van der Waals surface area contributed by atoms with Crippen LogP contribution in [0.25, 0.3) is 0 Å². The fourth-order valence-electron chi connectivity index (χ4n) is 2.78. The number of para-hydroxylation sites is 1. The molecule has 31 heavy (non-hydrogen) atoms. The van der Waals surface area contributed by atoms with Crippen LogP contribution >= 0.6 is 0 Å². The van der Waals surface area contributed by atoms with Crippen molar-refractivity contribution in [3.05, 3.63) is 59.7 Å². The molecular formula is C23H26N2O6. The molecule has 0 aliphatic heterocycles. The molecule has 2 aromatic rings. The van der Waals surface area contributed by atoms with E-state index in [0.717, 1.165) is 0 Å². The minimum Gasteiger partial charge on any atom is -0.497 e. The molecule has 0 saturated heterocycles. The summed E-state index contributed by atoms with van der Waals surface area (Å²) in [5, 5.41) is 5.19. The van der Waals surface area contributed by atoms with Gasteiger partial charge in [-0.2, -0.15) is 0 Å². The van der Waals surface area contributed by atoms with E-state index in [9.17, 15) is 19.2 Å². The Morgan fingerprint density at radius 2 is 1.61 bits per heavy atom. The number of benzene rings is 2. The van der Waals surface area contributed by atoms with E-state index in [0.29, 0.717) is 22.6 Å². The van der Waals surface area contributed by atoms with Gasteiger partial charge in [0.1, 0.15) is 11.8 Å². The average molecular weight is 426 g/mol. The van der Waals surface area contributed by atoms with Gasteiger partial charge in [-0.05, 0) is 49.2 Å². The number of anilines is 1. The van der Waals surface area contributed by atoms with Crippen LogP contribution in [-0.4, -0.2) is 43.3 Å². The molecule has 0 radical (unpaired) electrons. The van der Waals surface area contributed by atoms with Crippen molar-refractivity contribution in [1.29, 1.82) is 0 Å². The first-order valence-corrected chi connectivity index (χ1v) is 9.74. The molecule has 0 aliphatic carbocycles. The number of amides is 2. The van der Waals surface area contributed by atoms with E-state index < -0.39 is 30.4 Å². The molecule has 2 N–H and O–H groups in total. The van der Waals surface area contributed by atoms with Gasteiger partial charge in [0.25, 0.3) is 11.8 Å². The minimum atomic E-state index is -0.938. The molecule has 2 aromatic carbocycles. The molecule has 2 amide bonds. The summed E-state index contributed by atoms with van der Waals surface area (Å²) in [5.74, 6) is -1.63. The molecular weight excluding hydrogens is 400 g/mol. The van der Waals surface area contributed by atoms with E-state index in [-0.39, 0.29) is 11.7 Å². The number of carbonyl (C=O) groups is 4. The average Bonchev–Trinajstić information content (AvgIpc) is 2.75. The summed E-state index contributed by atoms with van der Waals surface area (Å²) in [6, 6.07) is 12.0. The summed E-state index contributed by atoms with van der Waals surface area (Å²) in [6.07, 6.45) is 0. The molecule has 1 atom stereocenters. The molecule has 0 aromatic heterocycles. The maximum Gasteiger partial charge on any atom is 0.329 e. The Kier molecular flexibility index (Phi) is 8.31. The molecule has 0 spiro atoms. The summed E-state index contributed by atoms with van der Waals surface area (Å²) in [7, 11) is 1.52. The number of rotatable bonds is 9. The zero-order chi connectivity index (χ0) is 23.0. The zero-order valence-corrected chi connectivity index (χ0v) is 17.9. The van der Waals surface area contributed by atoms with Gasteiger partial charge in [-0.15, -0.1) is 0 Å². The van der Waals surface area contributed by atoms with Gasteiger partial charge < -0.3 is 20.1 Å². The number of Topliss-reactive ketones (excluding diaryl/α,β-unsaturated/α-hetero) is 1. The number of carbonyl (C=O) groups excluding carboxylic acids is 4. The lowest BCUT2D eigenvalue weighted by Crippen LogP contribution is -2.45. The van der Waals surface area contributed by atoms with Gasteiger partial charge in [0.05, 0.1) is 12.8 Å². The lowest BCUT2D eigenvalue weighted by atomic mass is 10.0. The Labute approximate surface area is 180 Å². The molecule has 8 heteroatoms. The molecule has 0 heterocycles. The van der Waals surface area contributed by atoms with Gasteiger partial charge in [0.15, 0.2) is 12.4 Å². The van der Waals surface area contributed by atoms with Crippen LogP contribution in [0.15, 0.2) is 48.5 Å².